The van der Waals surface area contributed by atoms with Crippen molar-refractivity contribution < 1.29 is 17.9 Å². The van der Waals surface area contributed by atoms with Crippen molar-refractivity contribution in [2.24, 2.45) is 11.3 Å². The van der Waals surface area contributed by atoms with Gasteiger partial charge in [0, 0.05) is 29.9 Å². The van der Waals surface area contributed by atoms with Crippen molar-refractivity contribution in [3.05, 3.63) is 40.1 Å². The van der Waals surface area contributed by atoms with Crippen LogP contribution in [0.4, 0.5) is 13.2 Å². The summed E-state index contributed by atoms with van der Waals surface area (Å²) in [6.45, 7) is 3.01. The highest BCUT2D eigenvalue weighted by Gasteiger charge is 2.49. The Kier molecular flexibility index (Phi) is 6.87. The molecule has 11 heteroatoms. The van der Waals surface area contributed by atoms with Crippen LogP contribution in [0.2, 0.25) is 0 Å². The van der Waals surface area contributed by atoms with Crippen molar-refractivity contribution in [3.8, 4) is 0 Å². The van der Waals surface area contributed by atoms with Crippen LogP contribution in [0.3, 0.4) is 0 Å². The van der Waals surface area contributed by atoms with Gasteiger partial charge in [-0.05, 0) is 76.7 Å². The molecule has 0 bridgehead atoms. The summed E-state index contributed by atoms with van der Waals surface area (Å²) in [5.74, 6) is 0.356. The van der Waals surface area contributed by atoms with Crippen LogP contribution in [0.25, 0.3) is 5.52 Å². The maximum atomic E-state index is 14.3. The lowest BCUT2D eigenvalue weighted by atomic mass is 9.64. The van der Waals surface area contributed by atoms with Crippen LogP contribution in [0.1, 0.15) is 74.6 Å². The zero-order valence-corrected chi connectivity index (χ0v) is 22.3. The highest BCUT2D eigenvalue weighted by Crippen LogP contribution is 2.49. The molecule has 38 heavy (non-hydrogen) atoms. The number of pyridine rings is 1. The fraction of sp³-hybridized carbons (Fsp3) is 0.741. The van der Waals surface area contributed by atoms with Crippen molar-refractivity contribution in [2.45, 2.75) is 75.8 Å². The van der Waals surface area contributed by atoms with Gasteiger partial charge in [-0.25, -0.2) is 15.6 Å². The van der Waals surface area contributed by atoms with E-state index in [9.17, 15) is 18.0 Å². The number of hydrazine groups is 1. The molecule has 8 nitrogen and oxygen atoms in total. The summed E-state index contributed by atoms with van der Waals surface area (Å²) in [5.41, 5.74) is 6.01. The summed E-state index contributed by atoms with van der Waals surface area (Å²) in [6.07, 6.45) is 6.13. The third-order valence-corrected chi connectivity index (χ3v) is 9.69. The average molecular weight is 537 g/mol. The maximum Gasteiger partial charge on any atom is 0.418 e. The number of hydrogen-bond donors (Lipinski definition) is 2. The molecule has 2 aromatic rings. The van der Waals surface area contributed by atoms with E-state index in [0.717, 1.165) is 64.6 Å². The number of aromatic nitrogens is 2. The van der Waals surface area contributed by atoms with E-state index in [0.29, 0.717) is 24.7 Å². The summed E-state index contributed by atoms with van der Waals surface area (Å²) in [5, 5.41) is 0. The Labute approximate surface area is 221 Å². The molecule has 3 aliphatic heterocycles. The molecule has 5 heterocycles. The molecule has 4 aliphatic rings. The lowest BCUT2D eigenvalue weighted by molar-refractivity contribution is -0.167. The maximum absolute atomic E-state index is 14.3. The number of nitrogens with one attached hydrogen (secondary N) is 2. The third-order valence-electron chi connectivity index (χ3n) is 9.69. The zero-order chi connectivity index (χ0) is 26.7. The van der Waals surface area contributed by atoms with Gasteiger partial charge in [-0.15, -0.1) is 0 Å². The second-order valence-electron chi connectivity index (χ2n) is 12.1. The second kappa shape index (κ2) is 9.92. The van der Waals surface area contributed by atoms with Crippen LogP contribution < -0.4 is 16.5 Å². The molecule has 1 aliphatic carbocycles. The van der Waals surface area contributed by atoms with Gasteiger partial charge < -0.3 is 4.74 Å². The van der Waals surface area contributed by atoms with Gasteiger partial charge in [0.2, 0.25) is 0 Å². The summed E-state index contributed by atoms with van der Waals surface area (Å²) < 4.78 is 51.4. The van der Waals surface area contributed by atoms with E-state index in [1.807, 2.05) is 7.05 Å². The van der Waals surface area contributed by atoms with Gasteiger partial charge in [0.15, 0.2) is 0 Å². The first-order valence-corrected chi connectivity index (χ1v) is 14.0. The SMILES string of the molecule is CN1CNNC1CC1(C2CCCC(n3cc4c(C(F)(F)F)cc(C5CCCCN5C)cn4c3=O)C2)COC1. The Bertz CT molecular complexity index is 1220. The normalized spacial score (nSPS) is 31.1. The van der Waals surface area contributed by atoms with E-state index in [1.165, 1.54) is 16.7 Å². The van der Waals surface area contributed by atoms with Crippen LogP contribution >= 0.6 is 0 Å². The summed E-state index contributed by atoms with van der Waals surface area (Å²) in [6, 6.07) is 1.04. The summed E-state index contributed by atoms with van der Waals surface area (Å²) >= 11 is 0. The smallest absolute Gasteiger partial charge is 0.380 e. The molecule has 3 saturated heterocycles. The molecule has 6 rings (SSSR count). The Hall–Kier alpha value is -1.92. The van der Waals surface area contributed by atoms with E-state index in [1.54, 1.807) is 10.8 Å². The van der Waals surface area contributed by atoms with Crippen LogP contribution in [0, 0.1) is 11.3 Å². The van der Waals surface area contributed by atoms with E-state index in [-0.39, 0.29) is 34.9 Å². The van der Waals surface area contributed by atoms with Crippen molar-refractivity contribution in [2.75, 3.05) is 40.5 Å². The number of nitrogens with zero attached hydrogens (tertiary/aromatic N) is 4. The van der Waals surface area contributed by atoms with Gasteiger partial charge in [-0.2, -0.15) is 13.2 Å². The molecular weight excluding hydrogens is 497 g/mol. The molecule has 2 aromatic heterocycles. The van der Waals surface area contributed by atoms with Crippen molar-refractivity contribution in [1.29, 1.82) is 0 Å². The Morgan fingerprint density at radius 1 is 1.08 bits per heavy atom. The van der Waals surface area contributed by atoms with Gasteiger partial charge in [-0.1, -0.05) is 12.8 Å². The molecule has 2 N–H and O–H groups in total. The fourth-order valence-electron chi connectivity index (χ4n) is 7.35. The van der Waals surface area contributed by atoms with Crippen molar-refractivity contribution in [1.82, 2.24) is 29.6 Å². The van der Waals surface area contributed by atoms with Gasteiger partial charge in [-0.3, -0.25) is 18.8 Å². The number of fused-ring (bicyclic) bond motifs is 1. The first-order chi connectivity index (χ1) is 18.2. The monoisotopic (exact) mass is 536 g/mol. The number of hydrogen-bond acceptors (Lipinski definition) is 6. The number of halogens is 3. The number of rotatable bonds is 5. The predicted octanol–water partition coefficient (Wildman–Crippen LogP) is 3.74. The third kappa shape index (κ3) is 4.60. The Morgan fingerprint density at radius 2 is 1.89 bits per heavy atom. The second-order valence-corrected chi connectivity index (χ2v) is 12.1. The molecule has 0 amide bonds. The minimum Gasteiger partial charge on any atom is -0.380 e. The van der Waals surface area contributed by atoms with Gasteiger partial charge in [0.1, 0.15) is 0 Å². The van der Waals surface area contributed by atoms with E-state index in [2.05, 4.69) is 27.7 Å². The van der Waals surface area contributed by atoms with Crippen LogP contribution in [-0.2, 0) is 10.9 Å². The van der Waals surface area contributed by atoms with Gasteiger partial charge in [0.25, 0.3) is 0 Å². The minimum atomic E-state index is -4.54. The van der Waals surface area contributed by atoms with E-state index < -0.39 is 11.7 Å². The molecule has 210 valence electrons. The number of ether oxygens (including phenoxy) is 1. The molecule has 0 radical (unpaired) electrons. The van der Waals surface area contributed by atoms with Crippen LogP contribution in [0.15, 0.2) is 23.3 Å². The summed E-state index contributed by atoms with van der Waals surface area (Å²) in [7, 11) is 4.03. The first kappa shape index (κ1) is 26.3. The van der Waals surface area contributed by atoms with Gasteiger partial charge >= 0.3 is 11.9 Å². The number of alkyl halides is 3. The van der Waals surface area contributed by atoms with E-state index in [4.69, 9.17) is 4.74 Å². The Morgan fingerprint density at radius 3 is 2.55 bits per heavy atom. The van der Waals surface area contributed by atoms with Crippen LogP contribution in [0.5, 0.6) is 0 Å². The predicted molar refractivity (Wildman–Crippen MR) is 137 cm³/mol. The largest absolute Gasteiger partial charge is 0.418 e. The van der Waals surface area contributed by atoms with Crippen molar-refractivity contribution >= 4 is 5.52 Å². The standard InChI is InChI=1S/C27H39F3N6O2/c1-33-9-4-3-8-22(33)18-10-21(27(28,29)30)23-14-35(25(37)36(23)13-18)20-7-5-6-19(11-20)26(15-38-16-26)12-24-32-31-17-34(24)2/h10,13-14,19-20,22,24,31-32H,3-9,11-12,15-17H2,1-2H3. The molecule has 0 spiro atoms. The minimum absolute atomic E-state index is 0.0231. The molecule has 1 saturated carbocycles. The van der Waals surface area contributed by atoms with Crippen LogP contribution in [-0.4, -0.2) is 65.5 Å². The average Bonchev–Trinajstić information content (AvgIpc) is 3.43. The summed E-state index contributed by atoms with van der Waals surface area (Å²) in [4.78, 5) is 18.0. The highest BCUT2D eigenvalue weighted by atomic mass is 19.4. The zero-order valence-electron chi connectivity index (χ0n) is 22.3. The molecule has 4 unspecified atom stereocenters. The fourth-order valence-corrected chi connectivity index (χ4v) is 7.35. The molecule has 4 atom stereocenters. The highest BCUT2D eigenvalue weighted by molar-refractivity contribution is 5.56. The lowest BCUT2D eigenvalue weighted by Gasteiger charge is -2.51. The Balaban J connectivity index is 1.33. The lowest BCUT2D eigenvalue weighted by Crippen LogP contribution is -2.54. The topological polar surface area (TPSA) is 66.2 Å². The first-order valence-electron chi connectivity index (χ1n) is 14.0. The van der Waals surface area contributed by atoms with Crippen molar-refractivity contribution in [3.63, 3.8) is 0 Å². The number of imidazole rings is 1. The number of likely N-dealkylation sites (tertiary alicyclic amines) is 1. The molecular formula is C27H39F3N6O2. The van der Waals surface area contributed by atoms with E-state index >= 15 is 0 Å². The molecule has 0 aromatic carbocycles. The number of piperidine rings is 1. The quantitative estimate of drug-likeness (QED) is 0.607. The molecule has 4 fully saturated rings. The van der Waals surface area contributed by atoms with Gasteiger partial charge in [0.05, 0.1) is 37.1 Å².